The summed E-state index contributed by atoms with van der Waals surface area (Å²) in [6, 6.07) is 78.1. The van der Waals surface area contributed by atoms with Crippen molar-refractivity contribution in [1.82, 2.24) is 19.5 Å². The molecule has 0 aliphatic carbocycles. The molecule has 0 aliphatic rings. The van der Waals surface area contributed by atoms with Crippen LogP contribution in [0.5, 0.6) is 0 Å². The highest BCUT2D eigenvalue weighted by Gasteiger charge is 2.22. The standard InChI is InChI=1S/C63H36N4OS/c1-2-12-37(13-3-1)39-18-10-19-44(30-39)61-64-62(45-26-29-58-52(33-45)47-20-8-9-23-57(47)69-58)66-63(65-61)48-21-11-22-55-59(48)60-49-36-46(27-24-38(49)25-28-56(60)68-55)67-53-34-42-16-6-4-14-40(42)31-50(53)51-32-41-15-5-7-17-43(41)35-54(51)67/h1-36H. The van der Waals surface area contributed by atoms with Crippen molar-refractivity contribution in [1.29, 1.82) is 0 Å². The van der Waals surface area contributed by atoms with Gasteiger partial charge in [-0.15, -0.1) is 11.3 Å². The minimum Gasteiger partial charge on any atom is -0.456 e. The number of rotatable bonds is 5. The summed E-state index contributed by atoms with van der Waals surface area (Å²) in [6.45, 7) is 0. The van der Waals surface area contributed by atoms with Gasteiger partial charge in [-0.25, -0.2) is 15.0 Å². The van der Waals surface area contributed by atoms with Crippen molar-refractivity contribution < 1.29 is 4.42 Å². The van der Waals surface area contributed by atoms with E-state index < -0.39 is 0 Å². The lowest BCUT2D eigenvalue weighted by Gasteiger charge is -2.12. The topological polar surface area (TPSA) is 56.7 Å². The minimum atomic E-state index is 0.581. The Labute approximate surface area is 398 Å². The van der Waals surface area contributed by atoms with Gasteiger partial charge in [0, 0.05) is 64.1 Å². The van der Waals surface area contributed by atoms with Crippen LogP contribution in [0.1, 0.15) is 0 Å². The molecule has 0 N–H and O–H groups in total. The highest BCUT2D eigenvalue weighted by atomic mass is 32.1. The Hall–Kier alpha value is -8.97. The number of fused-ring (bicyclic) bond motifs is 13. The molecule has 5 nitrogen and oxygen atoms in total. The SMILES string of the molecule is c1ccc(-c2cccc(-c3nc(-c4ccc5sc6ccccc6c5c4)nc(-c4cccc5oc6ccc7ccc(-n8c9cc%10ccccc%10cc9c9cc%10ccccc%10cc98)cc7c6c45)n3)c2)cc1. The van der Waals surface area contributed by atoms with Crippen LogP contribution in [0.4, 0.5) is 0 Å². The van der Waals surface area contributed by atoms with E-state index >= 15 is 0 Å². The number of hydrogen-bond donors (Lipinski definition) is 0. The number of furan rings is 1. The zero-order chi connectivity index (χ0) is 45.2. The van der Waals surface area contributed by atoms with Crippen molar-refractivity contribution in [2.75, 3.05) is 0 Å². The number of hydrogen-bond acceptors (Lipinski definition) is 5. The molecule has 15 rings (SSSR count). The number of nitrogens with zero attached hydrogens (tertiary/aromatic N) is 4. The maximum atomic E-state index is 6.79. The van der Waals surface area contributed by atoms with Gasteiger partial charge in [-0.3, -0.25) is 0 Å². The Bertz CT molecular complexity index is 4530. The van der Waals surface area contributed by atoms with Gasteiger partial charge in [0.1, 0.15) is 11.2 Å². The smallest absolute Gasteiger partial charge is 0.164 e. The highest BCUT2D eigenvalue weighted by Crippen LogP contribution is 2.43. The molecule has 0 amide bonds. The van der Waals surface area contributed by atoms with E-state index in [0.717, 1.165) is 66.2 Å². The molecule has 0 fully saturated rings. The molecule has 11 aromatic carbocycles. The Balaban J connectivity index is 0.979. The fraction of sp³-hybridized carbons (Fsp3) is 0. The third-order valence-corrected chi connectivity index (χ3v) is 15.1. The lowest BCUT2D eigenvalue weighted by molar-refractivity contribution is 0.669. The summed E-state index contributed by atoms with van der Waals surface area (Å²) in [5.41, 5.74) is 9.94. The molecule has 6 heteroatoms. The monoisotopic (exact) mass is 896 g/mol. The van der Waals surface area contributed by atoms with Crippen LogP contribution in [0.2, 0.25) is 0 Å². The van der Waals surface area contributed by atoms with Crippen LogP contribution in [0.15, 0.2) is 223 Å². The third kappa shape index (κ3) is 5.99. The molecule has 0 aliphatic heterocycles. The fourth-order valence-corrected chi connectivity index (χ4v) is 11.8. The quantitative estimate of drug-likeness (QED) is 0.173. The second-order valence-corrected chi connectivity index (χ2v) is 19.0. The zero-order valence-corrected chi connectivity index (χ0v) is 37.7. The van der Waals surface area contributed by atoms with Crippen molar-refractivity contribution >= 4 is 108 Å². The second kappa shape index (κ2) is 14.8. The highest BCUT2D eigenvalue weighted by molar-refractivity contribution is 7.25. The molecule has 320 valence electrons. The molecule has 4 aromatic heterocycles. The summed E-state index contributed by atoms with van der Waals surface area (Å²) in [5, 5.41) is 13.9. The normalized spacial score (nSPS) is 12.1. The van der Waals surface area contributed by atoms with Crippen LogP contribution in [0.25, 0.3) is 147 Å². The van der Waals surface area contributed by atoms with Crippen LogP contribution >= 0.6 is 11.3 Å². The second-order valence-electron chi connectivity index (χ2n) is 18.0. The summed E-state index contributed by atoms with van der Waals surface area (Å²) >= 11 is 1.81. The van der Waals surface area contributed by atoms with Gasteiger partial charge in [-0.05, 0) is 122 Å². The lowest BCUT2D eigenvalue weighted by Crippen LogP contribution is -2.00. The largest absolute Gasteiger partial charge is 0.456 e. The summed E-state index contributed by atoms with van der Waals surface area (Å²) in [7, 11) is 0. The van der Waals surface area contributed by atoms with E-state index in [4.69, 9.17) is 19.4 Å². The van der Waals surface area contributed by atoms with E-state index in [0.29, 0.717) is 17.5 Å². The van der Waals surface area contributed by atoms with Gasteiger partial charge in [0.05, 0.1) is 11.0 Å². The van der Waals surface area contributed by atoms with E-state index in [2.05, 4.69) is 211 Å². The molecule has 4 heterocycles. The molecule has 0 saturated heterocycles. The number of thiophene rings is 1. The van der Waals surface area contributed by atoms with E-state index in [-0.39, 0.29) is 0 Å². The zero-order valence-electron chi connectivity index (χ0n) is 36.9. The van der Waals surface area contributed by atoms with Gasteiger partial charge in [0.15, 0.2) is 17.5 Å². The first-order valence-corrected chi connectivity index (χ1v) is 24.0. The van der Waals surface area contributed by atoms with Crippen LogP contribution < -0.4 is 0 Å². The summed E-state index contributed by atoms with van der Waals surface area (Å²) in [5.74, 6) is 1.80. The van der Waals surface area contributed by atoms with E-state index in [1.54, 1.807) is 11.3 Å². The van der Waals surface area contributed by atoms with Gasteiger partial charge in [0.25, 0.3) is 0 Å². The molecule has 0 bridgehead atoms. The maximum absolute atomic E-state index is 6.79. The molecule has 0 unspecified atom stereocenters. The predicted octanol–water partition coefficient (Wildman–Crippen LogP) is 17.4. The van der Waals surface area contributed by atoms with Gasteiger partial charge in [0.2, 0.25) is 0 Å². The molecule has 69 heavy (non-hydrogen) atoms. The minimum absolute atomic E-state index is 0.581. The van der Waals surface area contributed by atoms with Gasteiger partial charge in [-0.1, -0.05) is 140 Å². The molecular weight excluding hydrogens is 861 g/mol. The van der Waals surface area contributed by atoms with Crippen molar-refractivity contribution in [3.63, 3.8) is 0 Å². The Kier molecular flexibility index (Phi) is 8.17. The Morgan fingerprint density at radius 1 is 0.333 bits per heavy atom. The first kappa shape index (κ1) is 38.2. The average molecular weight is 897 g/mol. The first-order valence-electron chi connectivity index (χ1n) is 23.2. The number of benzene rings is 11. The van der Waals surface area contributed by atoms with Gasteiger partial charge in [-0.2, -0.15) is 0 Å². The molecular formula is C63H36N4OS. The van der Waals surface area contributed by atoms with Crippen molar-refractivity contribution in [2.45, 2.75) is 0 Å². The van der Waals surface area contributed by atoms with E-state index in [9.17, 15) is 0 Å². The van der Waals surface area contributed by atoms with Crippen molar-refractivity contribution in [3.05, 3.63) is 218 Å². The molecule has 0 spiro atoms. The molecule has 0 radical (unpaired) electrons. The van der Waals surface area contributed by atoms with Crippen LogP contribution in [-0.2, 0) is 0 Å². The third-order valence-electron chi connectivity index (χ3n) is 14.0. The molecule has 15 aromatic rings. The average Bonchev–Trinajstić information content (AvgIpc) is 4.08. The summed E-state index contributed by atoms with van der Waals surface area (Å²) in [6.07, 6.45) is 0. The Morgan fingerprint density at radius 2 is 0.928 bits per heavy atom. The van der Waals surface area contributed by atoms with Crippen LogP contribution in [0.3, 0.4) is 0 Å². The maximum Gasteiger partial charge on any atom is 0.164 e. The van der Waals surface area contributed by atoms with Crippen molar-refractivity contribution in [3.8, 4) is 51.0 Å². The fourth-order valence-electron chi connectivity index (χ4n) is 10.7. The van der Waals surface area contributed by atoms with Crippen LogP contribution in [-0.4, -0.2) is 19.5 Å². The summed E-state index contributed by atoms with van der Waals surface area (Å²) < 4.78 is 11.7. The van der Waals surface area contributed by atoms with E-state index in [1.807, 2.05) is 12.1 Å². The molecule has 0 saturated carbocycles. The van der Waals surface area contributed by atoms with E-state index in [1.165, 1.54) is 63.5 Å². The lowest BCUT2D eigenvalue weighted by atomic mass is 9.99. The van der Waals surface area contributed by atoms with Gasteiger partial charge >= 0.3 is 0 Å². The molecule has 0 atom stereocenters. The van der Waals surface area contributed by atoms with Crippen LogP contribution in [0, 0.1) is 0 Å². The first-order chi connectivity index (χ1) is 34.1. The van der Waals surface area contributed by atoms with Gasteiger partial charge < -0.3 is 8.98 Å². The van der Waals surface area contributed by atoms with Crippen molar-refractivity contribution in [2.24, 2.45) is 0 Å². The Morgan fingerprint density at radius 3 is 1.70 bits per heavy atom. The predicted molar refractivity (Wildman–Crippen MR) is 289 cm³/mol. The number of aromatic nitrogens is 4. The summed E-state index contributed by atoms with van der Waals surface area (Å²) in [4.78, 5) is 16.0.